The highest BCUT2D eigenvalue weighted by Gasteiger charge is 2.26. The van der Waals surface area contributed by atoms with Crippen molar-refractivity contribution in [2.75, 3.05) is 38.2 Å². The number of hydrogen-bond acceptors (Lipinski definition) is 7. The lowest BCUT2D eigenvalue weighted by molar-refractivity contribution is 0.0716. The molecule has 0 radical (unpaired) electrons. The highest BCUT2D eigenvalue weighted by atomic mass is 16.5. The van der Waals surface area contributed by atoms with Crippen LogP contribution in [0.25, 0.3) is 16.8 Å². The van der Waals surface area contributed by atoms with E-state index in [9.17, 15) is 4.79 Å². The van der Waals surface area contributed by atoms with Crippen molar-refractivity contribution in [1.29, 1.82) is 0 Å². The predicted octanol–water partition coefficient (Wildman–Crippen LogP) is 3.00. The van der Waals surface area contributed by atoms with Gasteiger partial charge in [0.2, 0.25) is 0 Å². The van der Waals surface area contributed by atoms with Crippen LogP contribution in [0.2, 0.25) is 0 Å². The number of hydrogen-bond donors (Lipinski definition) is 0. The Labute approximate surface area is 185 Å². The number of fused-ring (bicyclic) bond motifs is 1. The molecule has 0 aliphatic carbocycles. The number of methoxy groups -OCH3 is 1. The van der Waals surface area contributed by atoms with Crippen LogP contribution in [-0.4, -0.2) is 63.8 Å². The number of carbonyl (C=O) groups is 1. The Morgan fingerprint density at radius 3 is 2.53 bits per heavy atom. The van der Waals surface area contributed by atoms with Crippen LogP contribution in [0.15, 0.2) is 47.1 Å². The SMILES string of the molecule is COc1cccc2cc(C(=O)N3CCN(c4cc(-n5nc(C)cc5C)ncn4)CC3)oc12. The van der Waals surface area contributed by atoms with E-state index in [4.69, 9.17) is 9.15 Å². The van der Waals surface area contributed by atoms with Crippen molar-refractivity contribution < 1.29 is 13.9 Å². The summed E-state index contributed by atoms with van der Waals surface area (Å²) in [6, 6.07) is 11.3. The summed E-state index contributed by atoms with van der Waals surface area (Å²) in [6.45, 7) is 6.45. The molecule has 0 N–H and O–H groups in total. The zero-order valence-corrected chi connectivity index (χ0v) is 18.3. The molecule has 1 saturated heterocycles. The van der Waals surface area contributed by atoms with E-state index < -0.39 is 0 Å². The second kappa shape index (κ2) is 7.99. The molecular weight excluding hydrogens is 408 g/mol. The average molecular weight is 432 g/mol. The lowest BCUT2D eigenvalue weighted by atomic mass is 10.2. The smallest absolute Gasteiger partial charge is 0.289 e. The summed E-state index contributed by atoms with van der Waals surface area (Å²) in [5.74, 6) is 2.38. The van der Waals surface area contributed by atoms with Crippen molar-refractivity contribution in [1.82, 2.24) is 24.6 Å². The molecule has 9 nitrogen and oxygen atoms in total. The van der Waals surface area contributed by atoms with Crippen molar-refractivity contribution in [3.8, 4) is 11.6 Å². The van der Waals surface area contributed by atoms with E-state index in [-0.39, 0.29) is 5.91 Å². The number of aryl methyl sites for hydroxylation is 2. The van der Waals surface area contributed by atoms with Gasteiger partial charge in [-0.3, -0.25) is 4.79 Å². The van der Waals surface area contributed by atoms with Crippen molar-refractivity contribution in [3.63, 3.8) is 0 Å². The van der Waals surface area contributed by atoms with Gasteiger partial charge in [-0.05, 0) is 32.0 Å². The first-order valence-electron chi connectivity index (χ1n) is 10.5. The number of aromatic nitrogens is 4. The van der Waals surface area contributed by atoms with E-state index in [0.29, 0.717) is 43.3 Å². The molecule has 5 rings (SSSR count). The molecule has 1 amide bonds. The van der Waals surface area contributed by atoms with Crippen LogP contribution in [0.4, 0.5) is 5.82 Å². The van der Waals surface area contributed by atoms with Crippen LogP contribution in [0.5, 0.6) is 5.75 Å². The average Bonchev–Trinajstić information content (AvgIpc) is 3.41. The van der Waals surface area contributed by atoms with Crippen molar-refractivity contribution in [3.05, 3.63) is 59.9 Å². The van der Waals surface area contributed by atoms with E-state index in [1.807, 2.05) is 53.8 Å². The monoisotopic (exact) mass is 432 g/mol. The number of benzene rings is 1. The fraction of sp³-hybridized carbons (Fsp3) is 0.304. The van der Waals surface area contributed by atoms with Gasteiger partial charge in [-0.2, -0.15) is 5.10 Å². The Bertz CT molecular complexity index is 1290. The number of amides is 1. The first kappa shape index (κ1) is 20.0. The molecule has 9 heteroatoms. The fourth-order valence-electron chi connectivity index (χ4n) is 4.08. The number of para-hydroxylation sites is 1. The van der Waals surface area contributed by atoms with Crippen LogP contribution in [-0.2, 0) is 0 Å². The van der Waals surface area contributed by atoms with Gasteiger partial charge in [0.25, 0.3) is 5.91 Å². The summed E-state index contributed by atoms with van der Waals surface area (Å²) >= 11 is 0. The van der Waals surface area contributed by atoms with Crippen LogP contribution < -0.4 is 9.64 Å². The van der Waals surface area contributed by atoms with Crippen LogP contribution in [0, 0.1) is 13.8 Å². The minimum Gasteiger partial charge on any atom is -0.493 e. The lowest BCUT2D eigenvalue weighted by Crippen LogP contribution is -2.49. The van der Waals surface area contributed by atoms with Crippen LogP contribution in [0.3, 0.4) is 0 Å². The topological polar surface area (TPSA) is 89.5 Å². The standard InChI is InChI=1S/C23H24N6O3/c1-15-11-16(2)29(26-15)21-13-20(24-14-25-21)27-7-9-28(10-8-27)23(30)19-12-17-5-4-6-18(31-3)22(17)32-19/h4-6,11-14H,7-10H2,1-3H3. The first-order chi connectivity index (χ1) is 15.5. The molecule has 32 heavy (non-hydrogen) atoms. The van der Waals surface area contributed by atoms with Crippen molar-refractivity contribution >= 4 is 22.7 Å². The van der Waals surface area contributed by atoms with Gasteiger partial charge in [-0.25, -0.2) is 14.6 Å². The van der Waals surface area contributed by atoms with E-state index in [0.717, 1.165) is 28.4 Å². The normalized spacial score (nSPS) is 14.2. The molecule has 4 heterocycles. The second-order valence-corrected chi connectivity index (χ2v) is 7.84. The van der Waals surface area contributed by atoms with E-state index in [1.165, 1.54) is 0 Å². The number of carbonyl (C=O) groups excluding carboxylic acids is 1. The number of ether oxygens (including phenoxy) is 1. The minimum atomic E-state index is -0.117. The number of furan rings is 1. The Morgan fingerprint density at radius 2 is 1.81 bits per heavy atom. The third-order valence-electron chi connectivity index (χ3n) is 5.69. The predicted molar refractivity (Wildman–Crippen MR) is 120 cm³/mol. The highest BCUT2D eigenvalue weighted by Crippen LogP contribution is 2.29. The number of rotatable bonds is 4. The zero-order chi connectivity index (χ0) is 22.2. The summed E-state index contributed by atoms with van der Waals surface area (Å²) in [6.07, 6.45) is 1.56. The molecule has 1 aliphatic heterocycles. The summed E-state index contributed by atoms with van der Waals surface area (Å²) in [4.78, 5) is 25.8. The Balaban J connectivity index is 1.30. The second-order valence-electron chi connectivity index (χ2n) is 7.84. The molecule has 0 bridgehead atoms. The van der Waals surface area contributed by atoms with Gasteiger partial charge in [0.1, 0.15) is 12.1 Å². The number of piperazine rings is 1. The van der Waals surface area contributed by atoms with E-state index in [2.05, 4.69) is 20.0 Å². The molecule has 0 saturated carbocycles. The quantitative estimate of drug-likeness (QED) is 0.490. The molecular formula is C23H24N6O3. The molecule has 4 aromatic rings. The minimum absolute atomic E-state index is 0.117. The largest absolute Gasteiger partial charge is 0.493 e. The molecule has 164 valence electrons. The lowest BCUT2D eigenvalue weighted by Gasteiger charge is -2.35. The molecule has 0 atom stereocenters. The third-order valence-corrected chi connectivity index (χ3v) is 5.69. The van der Waals surface area contributed by atoms with E-state index >= 15 is 0 Å². The first-order valence-corrected chi connectivity index (χ1v) is 10.5. The van der Waals surface area contributed by atoms with Gasteiger partial charge in [0.15, 0.2) is 22.9 Å². The molecule has 0 unspecified atom stereocenters. The van der Waals surface area contributed by atoms with Gasteiger partial charge < -0.3 is 19.0 Å². The summed E-state index contributed by atoms with van der Waals surface area (Å²) < 4.78 is 13.0. The van der Waals surface area contributed by atoms with Gasteiger partial charge in [0, 0.05) is 43.3 Å². The zero-order valence-electron chi connectivity index (χ0n) is 18.3. The maximum atomic E-state index is 13.0. The van der Waals surface area contributed by atoms with Gasteiger partial charge in [-0.15, -0.1) is 0 Å². The molecule has 1 fully saturated rings. The maximum absolute atomic E-state index is 13.0. The summed E-state index contributed by atoms with van der Waals surface area (Å²) in [5, 5.41) is 5.35. The van der Waals surface area contributed by atoms with Crippen LogP contribution >= 0.6 is 0 Å². The Kier molecular flexibility index (Phi) is 5.01. The molecule has 0 spiro atoms. The van der Waals surface area contributed by atoms with Gasteiger partial charge in [-0.1, -0.05) is 12.1 Å². The van der Waals surface area contributed by atoms with Gasteiger partial charge >= 0.3 is 0 Å². The fourth-order valence-corrected chi connectivity index (χ4v) is 4.08. The van der Waals surface area contributed by atoms with Crippen molar-refractivity contribution in [2.45, 2.75) is 13.8 Å². The summed E-state index contributed by atoms with van der Waals surface area (Å²) in [5.41, 5.74) is 2.55. The number of anilines is 1. The highest BCUT2D eigenvalue weighted by molar-refractivity contribution is 5.97. The molecule has 1 aliphatic rings. The van der Waals surface area contributed by atoms with E-state index in [1.54, 1.807) is 19.5 Å². The Morgan fingerprint density at radius 1 is 1.03 bits per heavy atom. The third kappa shape index (κ3) is 3.55. The number of nitrogens with zero attached hydrogens (tertiary/aromatic N) is 6. The van der Waals surface area contributed by atoms with Crippen molar-refractivity contribution in [2.24, 2.45) is 0 Å². The Hall–Kier alpha value is -3.88. The van der Waals surface area contributed by atoms with Crippen LogP contribution in [0.1, 0.15) is 21.9 Å². The molecule has 3 aromatic heterocycles. The molecule has 1 aromatic carbocycles. The summed E-state index contributed by atoms with van der Waals surface area (Å²) in [7, 11) is 1.59. The maximum Gasteiger partial charge on any atom is 0.289 e. The van der Waals surface area contributed by atoms with Gasteiger partial charge in [0.05, 0.1) is 12.8 Å².